The number of carbonyl (C=O) groups excluding carboxylic acids is 1. The topological polar surface area (TPSA) is 76.5 Å². The molecule has 0 atom stereocenters. The van der Waals surface area contributed by atoms with Gasteiger partial charge in [-0.1, -0.05) is 36.4 Å². The Labute approximate surface area is 175 Å². The fraction of sp³-hybridized carbons (Fsp3) is 0.348. The summed E-state index contributed by atoms with van der Waals surface area (Å²) in [6.45, 7) is 3.67. The minimum atomic E-state index is -0.237. The third kappa shape index (κ3) is 4.86. The minimum Gasteiger partial charge on any atom is -0.484 e. The standard InChI is InChI=1S/C23H26N4O3/c28-22(17-30-18-8-2-1-3-9-18)24-16-21-19-10-4-5-11-20(19)23(29)27(25-21)15-14-26-12-6-7-13-26/h1-5,8-11H,6-7,12-17H2,(H,24,28). The molecule has 156 valence electrons. The van der Waals surface area contributed by atoms with Gasteiger partial charge in [-0.2, -0.15) is 5.10 Å². The molecule has 30 heavy (non-hydrogen) atoms. The van der Waals surface area contributed by atoms with Crippen molar-refractivity contribution in [1.82, 2.24) is 20.0 Å². The Morgan fingerprint density at radius 1 is 0.967 bits per heavy atom. The third-order valence-electron chi connectivity index (χ3n) is 5.34. The summed E-state index contributed by atoms with van der Waals surface area (Å²) >= 11 is 0. The molecule has 0 aliphatic carbocycles. The van der Waals surface area contributed by atoms with Crippen molar-refractivity contribution in [1.29, 1.82) is 0 Å². The number of aromatic nitrogens is 2. The van der Waals surface area contributed by atoms with Gasteiger partial charge in [0.2, 0.25) is 0 Å². The zero-order chi connectivity index (χ0) is 20.8. The lowest BCUT2D eigenvalue weighted by Crippen LogP contribution is -2.33. The molecule has 2 aromatic carbocycles. The van der Waals surface area contributed by atoms with Gasteiger partial charge in [-0.3, -0.25) is 9.59 Å². The molecule has 0 unspecified atom stereocenters. The van der Waals surface area contributed by atoms with Crippen LogP contribution in [0.1, 0.15) is 18.5 Å². The Morgan fingerprint density at radius 3 is 2.43 bits per heavy atom. The van der Waals surface area contributed by atoms with Gasteiger partial charge in [0.15, 0.2) is 6.61 Å². The minimum absolute atomic E-state index is 0.0729. The maximum absolute atomic E-state index is 12.9. The summed E-state index contributed by atoms with van der Waals surface area (Å²) in [5, 5.41) is 8.82. The smallest absolute Gasteiger partial charge is 0.274 e. The highest BCUT2D eigenvalue weighted by molar-refractivity contribution is 5.84. The normalized spacial score (nSPS) is 14.1. The maximum atomic E-state index is 12.9. The molecule has 7 nitrogen and oxygen atoms in total. The monoisotopic (exact) mass is 406 g/mol. The summed E-state index contributed by atoms with van der Waals surface area (Å²) in [7, 11) is 0. The molecule has 1 fully saturated rings. The van der Waals surface area contributed by atoms with Crippen molar-refractivity contribution in [2.45, 2.75) is 25.9 Å². The Balaban J connectivity index is 1.45. The number of ether oxygens (including phenoxy) is 1. The lowest BCUT2D eigenvalue weighted by molar-refractivity contribution is -0.123. The Morgan fingerprint density at radius 2 is 1.67 bits per heavy atom. The molecule has 0 saturated carbocycles. The first-order valence-electron chi connectivity index (χ1n) is 10.4. The van der Waals surface area contributed by atoms with Crippen LogP contribution in [0.5, 0.6) is 5.75 Å². The first-order chi connectivity index (χ1) is 14.7. The van der Waals surface area contributed by atoms with E-state index in [1.54, 1.807) is 12.1 Å². The Kier molecular flexibility index (Phi) is 6.39. The molecule has 1 aliphatic rings. The van der Waals surface area contributed by atoms with Crippen LogP contribution < -0.4 is 15.6 Å². The number of benzene rings is 2. The van der Waals surface area contributed by atoms with Crippen LogP contribution in [0.25, 0.3) is 10.8 Å². The van der Waals surface area contributed by atoms with Gasteiger partial charge in [0.1, 0.15) is 5.75 Å². The van der Waals surface area contributed by atoms with E-state index in [2.05, 4.69) is 15.3 Å². The van der Waals surface area contributed by atoms with Crippen LogP contribution in [0, 0.1) is 0 Å². The molecule has 0 radical (unpaired) electrons. The molecule has 4 rings (SSSR count). The molecule has 1 N–H and O–H groups in total. The van der Waals surface area contributed by atoms with E-state index >= 15 is 0 Å². The van der Waals surface area contributed by atoms with Crippen LogP contribution in [0.15, 0.2) is 59.4 Å². The van der Waals surface area contributed by atoms with Gasteiger partial charge in [-0.05, 0) is 44.1 Å². The number of hydrogen-bond acceptors (Lipinski definition) is 5. The second kappa shape index (κ2) is 9.54. The zero-order valence-corrected chi connectivity index (χ0v) is 16.9. The zero-order valence-electron chi connectivity index (χ0n) is 16.9. The van der Waals surface area contributed by atoms with Crippen LogP contribution in [0.3, 0.4) is 0 Å². The highest BCUT2D eigenvalue weighted by atomic mass is 16.5. The lowest BCUT2D eigenvalue weighted by Gasteiger charge is -2.16. The third-order valence-corrected chi connectivity index (χ3v) is 5.34. The largest absolute Gasteiger partial charge is 0.484 e. The highest BCUT2D eigenvalue weighted by Gasteiger charge is 2.15. The Bertz CT molecular complexity index is 1060. The summed E-state index contributed by atoms with van der Waals surface area (Å²) in [5.41, 5.74) is 0.590. The second-order valence-corrected chi connectivity index (χ2v) is 7.45. The van der Waals surface area contributed by atoms with Gasteiger partial charge in [0.05, 0.1) is 24.2 Å². The van der Waals surface area contributed by atoms with Crippen molar-refractivity contribution in [3.8, 4) is 5.75 Å². The van der Waals surface area contributed by atoms with E-state index in [0.717, 1.165) is 25.0 Å². The summed E-state index contributed by atoms with van der Waals surface area (Å²) in [4.78, 5) is 27.4. The van der Waals surface area contributed by atoms with Gasteiger partial charge in [0, 0.05) is 11.9 Å². The van der Waals surface area contributed by atoms with E-state index in [9.17, 15) is 9.59 Å². The molecule has 1 amide bonds. The number of rotatable bonds is 8. The molecule has 7 heteroatoms. The molecular weight excluding hydrogens is 380 g/mol. The lowest BCUT2D eigenvalue weighted by atomic mass is 10.1. The van der Waals surface area contributed by atoms with Crippen LogP contribution in [0.2, 0.25) is 0 Å². The summed E-state index contributed by atoms with van der Waals surface area (Å²) in [6, 6.07) is 16.6. The van der Waals surface area contributed by atoms with Crippen molar-refractivity contribution < 1.29 is 9.53 Å². The number of carbonyl (C=O) groups is 1. The van der Waals surface area contributed by atoms with E-state index in [1.165, 1.54) is 17.5 Å². The predicted molar refractivity (Wildman–Crippen MR) is 115 cm³/mol. The molecular formula is C23H26N4O3. The van der Waals surface area contributed by atoms with Gasteiger partial charge < -0.3 is 15.0 Å². The first kappa shape index (κ1) is 20.1. The fourth-order valence-corrected chi connectivity index (χ4v) is 3.73. The van der Waals surface area contributed by atoms with Crippen LogP contribution in [-0.4, -0.2) is 46.8 Å². The molecule has 2 heterocycles. The summed E-state index contributed by atoms with van der Waals surface area (Å²) in [5.74, 6) is 0.409. The van der Waals surface area contributed by atoms with Crippen molar-refractivity contribution in [3.05, 3.63) is 70.6 Å². The van der Waals surface area contributed by atoms with Crippen molar-refractivity contribution in [2.75, 3.05) is 26.2 Å². The number of fused-ring (bicyclic) bond motifs is 1. The number of nitrogens with one attached hydrogen (secondary N) is 1. The number of hydrogen-bond donors (Lipinski definition) is 1. The average molecular weight is 406 g/mol. The number of likely N-dealkylation sites (tertiary alicyclic amines) is 1. The summed E-state index contributed by atoms with van der Waals surface area (Å²) < 4.78 is 7.02. The molecule has 1 aromatic heterocycles. The SMILES string of the molecule is O=C(COc1ccccc1)NCc1nn(CCN2CCCC2)c(=O)c2ccccc12. The van der Waals surface area contributed by atoms with Gasteiger partial charge >= 0.3 is 0 Å². The van der Waals surface area contributed by atoms with Crippen molar-refractivity contribution in [2.24, 2.45) is 0 Å². The molecule has 0 spiro atoms. The quantitative estimate of drug-likeness (QED) is 0.621. The second-order valence-electron chi connectivity index (χ2n) is 7.45. The highest BCUT2D eigenvalue weighted by Crippen LogP contribution is 2.14. The van der Waals surface area contributed by atoms with Crippen LogP contribution in [-0.2, 0) is 17.9 Å². The molecule has 1 aliphatic heterocycles. The van der Waals surface area contributed by atoms with E-state index in [4.69, 9.17) is 4.74 Å². The van der Waals surface area contributed by atoms with Gasteiger partial charge in [-0.25, -0.2) is 4.68 Å². The van der Waals surface area contributed by atoms with Crippen molar-refractivity contribution in [3.63, 3.8) is 0 Å². The number of nitrogens with zero attached hydrogens (tertiary/aromatic N) is 3. The van der Waals surface area contributed by atoms with E-state index in [0.29, 0.717) is 23.4 Å². The van der Waals surface area contributed by atoms with E-state index < -0.39 is 0 Å². The maximum Gasteiger partial charge on any atom is 0.274 e. The van der Waals surface area contributed by atoms with Crippen LogP contribution >= 0.6 is 0 Å². The molecule has 0 bridgehead atoms. The predicted octanol–water partition coefficient (Wildman–Crippen LogP) is 2.19. The number of amides is 1. The first-order valence-corrected chi connectivity index (χ1v) is 10.4. The summed E-state index contributed by atoms with van der Waals surface area (Å²) in [6.07, 6.45) is 2.42. The number of para-hydroxylation sites is 1. The fourth-order valence-electron chi connectivity index (χ4n) is 3.73. The van der Waals surface area contributed by atoms with E-state index in [1.807, 2.05) is 42.5 Å². The average Bonchev–Trinajstić information content (AvgIpc) is 3.31. The van der Waals surface area contributed by atoms with Crippen LogP contribution in [0.4, 0.5) is 0 Å². The van der Waals surface area contributed by atoms with E-state index in [-0.39, 0.29) is 24.6 Å². The van der Waals surface area contributed by atoms with Gasteiger partial charge in [0.25, 0.3) is 11.5 Å². The molecule has 3 aromatic rings. The van der Waals surface area contributed by atoms with Gasteiger partial charge in [-0.15, -0.1) is 0 Å². The molecule has 1 saturated heterocycles. The van der Waals surface area contributed by atoms with Crippen molar-refractivity contribution >= 4 is 16.7 Å². The Hall–Kier alpha value is -3.19.